The molecular formula is C23H14Cl2N2O3. The van der Waals surface area contributed by atoms with Crippen molar-refractivity contribution >= 4 is 45.9 Å². The maximum atomic E-state index is 13.5. The first kappa shape index (κ1) is 18.9. The topological polar surface area (TPSA) is 63.4 Å². The number of fused-ring (bicyclic) bond motifs is 2. The Morgan fingerprint density at radius 2 is 1.73 bits per heavy atom. The first-order valence-corrected chi connectivity index (χ1v) is 9.98. The highest BCUT2D eigenvalue weighted by molar-refractivity contribution is 6.31. The summed E-state index contributed by atoms with van der Waals surface area (Å²) in [5.41, 5.74) is 1.69. The van der Waals surface area contributed by atoms with Gasteiger partial charge in [-0.05, 0) is 55.0 Å². The van der Waals surface area contributed by atoms with Gasteiger partial charge in [0, 0.05) is 15.7 Å². The average Bonchev–Trinajstić information content (AvgIpc) is 3.01. The van der Waals surface area contributed by atoms with Crippen LogP contribution in [-0.2, 0) is 0 Å². The van der Waals surface area contributed by atoms with Gasteiger partial charge in [0.15, 0.2) is 5.43 Å². The first-order valence-electron chi connectivity index (χ1n) is 9.23. The van der Waals surface area contributed by atoms with Crippen molar-refractivity contribution in [2.24, 2.45) is 0 Å². The Hall–Kier alpha value is -3.15. The number of amides is 1. The third-order valence-corrected chi connectivity index (χ3v) is 5.59. The molecule has 0 spiro atoms. The molecule has 0 fully saturated rings. The molecule has 0 N–H and O–H groups in total. The quantitative estimate of drug-likeness (QED) is 0.412. The highest BCUT2D eigenvalue weighted by Gasteiger charge is 2.44. The zero-order chi connectivity index (χ0) is 21.0. The van der Waals surface area contributed by atoms with E-state index in [1.807, 2.05) is 25.1 Å². The Morgan fingerprint density at radius 3 is 2.50 bits per heavy atom. The zero-order valence-corrected chi connectivity index (χ0v) is 17.2. The number of aromatic nitrogens is 1. The summed E-state index contributed by atoms with van der Waals surface area (Å²) in [6.07, 6.45) is 0. The van der Waals surface area contributed by atoms with Crippen molar-refractivity contribution in [3.05, 3.63) is 104 Å². The summed E-state index contributed by atoms with van der Waals surface area (Å²) in [6.45, 7) is 1.84. The second kappa shape index (κ2) is 6.97. The number of nitrogens with zero attached hydrogens (tertiary/aromatic N) is 2. The van der Waals surface area contributed by atoms with Crippen LogP contribution in [0.2, 0.25) is 10.0 Å². The maximum Gasteiger partial charge on any atom is 0.296 e. The molecule has 5 rings (SSSR count). The first-order chi connectivity index (χ1) is 14.4. The molecule has 0 bridgehead atoms. The second-order valence-corrected chi connectivity index (χ2v) is 7.96. The van der Waals surface area contributed by atoms with Crippen LogP contribution < -0.4 is 10.3 Å². The lowest BCUT2D eigenvalue weighted by Gasteiger charge is -2.24. The summed E-state index contributed by atoms with van der Waals surface area (Å²) in [6, 6.07) is 16.5. The minimum Gasteiger partial charge on any atom is -0.450 e. The number of carbonyl (C=O) groups excluding carboxylic acids is 1. The zero-order valence-electron chi connectivity index (χ0n) is 15.7. The van der Waals surface area contributed by atoms with E-state index in [1.165, 1.54) is 4.90 Å². The van der Waals surface area contributed by atoms with Crippen molar-refractivity contribution in [2.45, 2.75) is 13.0 Å². The van der Waals surface area contributed by atoms with Crippen molar-refractivity contribution in [2.75, 3.05) is 4.90 Å². The number of hydrogen-bond donors (Lipinski definition) is 0. The molecule has 0 radical (unpaired) electrons. The van der Waals surface area contributed by atoms with E-state index in [4.69, 9.17) is 27.6 Å². The van der Waals surface area contributed by atoms with Crippen LogP contribution in [0.3, 0.4) is 0 Å². The van der Waals surface area contributed by atoms with Crippen molar-refractivity contribution < 1.29 is 9.21 Å². The number of hydrogen-bond acceptors (Lipinski definition) is 4. The van der Waals surface area contributed by atoms with Gasteiger partial charge in [0.1, 0.15) is 11.4 Å². The van der Waals surface area contributed by atoms with Crippen LogP contribution in [0, 0.1) is 6.92 Å². The number of rotatable bonds is 2. The molecule has 7 heteroatoms. The summed E-state index contributed by atoms with van der Waals surface area (Å²) in [5.74, 6) is 0.00277. The van der Waals surface area contributed by atoms with Gasteiger partial charge in [-0.15, -0.1) is 0 Å². The number of anilines is 1. The number of pyridine rings is 1. The Morgan fingerprint density at radius 1 is 0.967 bits per heavy atom. The fourth-order valence-corrected chi connectivity index (χ4v) is 4.21. The molecule has 1 atom stereocenters. The summed E-state index contributed by atoms with van der Waals surface area (Å²) >= 11 is 12.3. The van der Waals surface area contributed by atoms with Crippen molar-refractivity contribution in [3.63, 3.8) is 0 Å². The number of benzene rings is 2. The summed E-state index contributed by atoms with van der Waals surface area (Å²) in [7, 11) is 0. The monoisotopic (exact) mass is 436 g/mol. The highest BCUT2D eigenvalue weighted by atomic mass is 35.5. The van der Waals surface area contributed by atoms with E-state index in [0.29, 0.717) is 32.4 Å². The molecule has 0 unspecified atom stereocenters. The third-order valence-electron chi connectivity index (χ3n) is 5.12. The predicted octanol–water partition coefficient (Wildman–Crippen LogP) is 5.55. The number of aryl methyl sites for hydroxylation is 1. The standard InChI is InChI=1S/C23H14Cl2N2O3/c1-12-4-2-7-18(26-12)27-20(13-5-3-6-14(24)10-13)19-21(28)16-11-15(25)8-9-17(16)30-22(19)23(27)29/h2-11,20H,1H3/t20-/m0/s1. The molecule has 2 aromatic carbocycles. The van der Waals surface area contributed by atoms with Crippen LogP contribution >= 0.6 is 23.2 Å². The summed E-state index contributed by atoms with van der Waals surface area (Å²) in [5, 5.41) is 1.23. The number of carbonyl (C=O) groups is 1. The Bertz CT molecular complexity index is 1400. The molecule has 3 heterocycles. The minimum atomic E-state index is -0.722. The Kier molecular flexibility index (Phi) is 4.38. The van der Waals surface area contributed by atoms with Gasteiger partial charge in [0.2, 0.25) is 5.76 Å². The lowest BCUT2D eigenvalue weighted by Crippen LogP contribution is -2.30. The molecule has 1 aliphatic heterocycles. The molecule has 2 aromatic heterocycles. The largest absolute Gasteiger partial charge is 0.450 e. The molecule has 0 aliphatic carbocycles. The van der Waals surface area contributed by atoms with Gasteiger partial charge in [-0.25, -0.2) is 4.98 Å². The van der Waals surface area contributed by atoms with Gasteiger partial charge in [-0.1, -0.05) is 41.4 Å². The Balaban J connectivity index is 1.84. The molecule has 4 aromatic rings. The average molecular weight is 437 g/mol. The van der Waals surface area contributed by atoms with Gasteiger partial charge in [-0.3, -0.25) is 14.5 Å². The minimum absolute atomic E-state index is 0.00287. The predicted molar refractivity (Wildman–Crippen MR) is 117 cm³/mol. The third kappa shape index (κ3) is 2.90. The van der Waals surface area contributed by atoms with E-state index < -0.39 is 11.9 Å². The summed E-state index contributed by atoms with van der Waals surface area (Å²) < 4.78 is 5.91. The highest BCUT2D eigenvalue weighted by Crippen LogP contribution is 2.41. The van der Waals surface area contributed by atoms with Gasteiger partial charge >= 0.3 is 0 Å². The van der Waals surface area contributed by atoms with Gasteiger partial charge in [0.05, 0.1) is 17.0 Å². The van der Waals surface area contributed by atoms with E-state index >= 15 is 0 Å². The SMILES string of the molecule is Cc1cccc(N2C(=O)c3oc4ccc(Cl)cc4c(=O)c3[C@@H]2c2cccc(Cl)c2)n1. The van der Waals surface area contributed by atoms with Gasteiger partial charge < -0.3 is 4.42 Å². The molecule has 5 nitrogen and oxygen atoms in total. The van der Waals surface area contributed by atoms with E-state index in [9.17, 15) is 9.59 Å². The van der Waals surface area contributed by atoms with Crippen LogP contribution in [0.5, 0.6) is 0 Å². The molecular weight excluding hydrogens is 423 g/mol. The van der Waals surface area contributed by atoms with E-state index in [1.54, 1.807) is 42.5 Å². The van der Waals surface area contributed by atoms with Crippen LogP contribution in [0.1, 0.15) is 33.4 Å². The second-order valence-electron chi connectivity index (χ2n) is 7.08. The molecule has 1 amide bonds. The molecule has 0 saturated heterocycles. The lowest BCUT2D eigenvalue weighted by molar-refractivity contribution is 0.0970. The fourth-order valence-electron chi connectivity index (χ4n) is 3.84. The van der Waals surface area contributed by atoms with Crippen LogP contribution in [0.15, 0.2) is 69.9 Å². The smallest absolute Gasteiger partial charge is 0.296 e. The van der Waals surface area contributed by atoms with E-state index in [2.05, 4.69) is 4.98 Å². The van der Waals surface area contributed by atoms with Crippen molar-refractivity contribution in [3.8, 4) is 0 Å². The van der Waals surface area contributed by atoms with Crippen LogP contribution in [-0.4, -0.2) is 10.9 Å². The normalized spacial score (nSPS) is 15.6. The summed E-state index contributed by atoms with van der Waals surface area (Å²) in [4.78, 5) is 32.9. The molecule has 1 aliphatic rings. The van der Waals surface area contributed by atoms with Gasteiger partial charge in [-0.2, -0.15) is 0 Å². The Labute approximate surface area is 181 Å². The van der Waals surface area contributed by atoms with E-state index in [0.717, 1.165) is 5.69 Å². The van der Waals surface area contributed by atoms with Crippen molar-refractivity contribution in [1.29, 1.82) is 0 Å². The maximum absolute atomic E-state index is 13.5. The van der Waals surface area contributed by atoms with Crippen LogP contribution in [0.25, 0.3) is 11.0 Å². The molecule has 148 valence electrons. The number of halogens is 2. The lowest BCUT2D eigenvalue weighted by atomic mass is 9.98. The van der Waals surface area contributed by atoms with Crippen molar-refractivity contribution in [1.82, 2.24) is 4.98 Å². The fraction of sp³-hybridized carbons (Fsp3) is 0.0870. The van der Waals surface area contributed by atoms with Crippen LogP contribution in [0.4, 0.5) is 5.82 Å². The molecule has 30 heavy (non-hydrogen) atoms. The molecule has 0 saturated carbocycles. The van der Waals surface area contributed by atoms with Gasteiger partial charge in [0.25, 0.3) is 5.91 Å². The van der Waals surface area contributed by atoms with E-state index in [-0.39, 0.29) is 16.8 Å².